The molecule has 0 saturated heterocycles. The van der Waals surface area contributed by atoms with Crippen LogP contribution < -0.4 is 14.8 Å². The standard InChI is InChI=1S/C20H24Cl3NO3/c1-3-26-19-10-14(12-24-7-4-8-25-2)9-18(23)20(19)27-13-15-5-6-16(21)11-17(15)22/h5-6,9-11,24H,3-4,7-8,12-13H2,1-2H3. The third-order valence-electron chi connectivity index (χ3n) is 3.79. The number of hydrogen-bond acceptors (Lipinski definition) is 4. The molecule has 148 valence electrons. The predicted molar refractivity (Wildman–Crippen MR) is 112 cm³/mol. The van der Waals surface area contributed by atoms with Crippen LogP contribution in [0.5, 0.6) is 11.5 Å². The van der Waals surface area contributed by atoms with Crippen molar-refractivity contribution in [2.75, 3.05) is 26.9 Å². The van der Waals surface area contributed by atoms with Crippen molar-refractivity contribution >= 4 is 34.8 Å². The van der Waals surface area contributed by atoms with E-state index in [9.17, 15) is 0 Å². The molecule has 0 heterocycles. The van der Waals surface area contributed by atoms with E-state index in [1.54, 1.807) is 19.2 Å². The summed E-state index contributed by atoms with van der Waals surface area (Å²) in [6.07, 6.45) is 0.950. The monoisotopic (exact) mass is 431 g/mol. The van der Waals surface area contributed by atoms with Gasteiger partial charge in [0.1, 0.15) is 6.61 Å². The van der Waals surface area contributed by atoms with E-state index in [0.717, 1.165) is 30.7 Å². The van der Waals surface area contributed by atoms with Gasteiger partial charge >= 0.3 is 0 Å². The van der Waals surface area contributed by atoms with Crippen molar-refractivity contribution in [3.8, 4) is 11.5 Å². The summed E-state index contributed by atoms with van der Waals surface area (Å²) < 4.78 is 16.7. The Hall–Kier alpha value is -1.17. The van der Waals surface area contributed by atoms with E-state index in [4.69, 9.17) is 49.0 Å². The second kappa shape index (κ2) is 11.6. The minimum absolute atomic E-state index is 0.268. The quantitative estimate of drug-likeness (QED) is 0.459. The number of ether oxygens (including phenoxy) is 3. The molecule has 2 aromatic carbocycles. The summed E-state index contributed by atoms with van der Waals surface area (Å²) in [7, 11) is 1.70. The molecule has 4 nitrogen and oxygen atoms in total. The molecule has 27 heavy (non-hydrogen) atoms. The maximum Gasteiger partial charge on any atom is 0.180 e. The first-order chi connectivity index (χ1) is 13.0. The van der Waals surface area contributed by atoms with Crippen molar-refractivity contribution in [2.24, 2.45) is 0 Å². The second-order valence-electron chi connectivity index (χ2n) is 5.89. The van der Waals surface area contributed by atoms with Crippen LogP contribution in [0.2, 0.25) is 15.1 Å². The largest absolute Gasteiger partial charge is 0.490 e. The topological polar surface area (TPSA) is 39.7 Å². The summed E-state index contributed by atoms with van der Waals surface area (Å²) in [6.45, 7) is 4.99. The van der Waals surface area contributed by atoms with Gasteiger partial charge in [-0.1, -0.05) is 40.9 Å². The molecule has 2 rings (SSSR count). The first-order valence-electron chi connectivity index (χ1n) is 8.76. The Morgan fingerprint density at radius 3 is 2.52 bits per heavy atom. The van der Waals surface area contributed by atoms with Crippen molar-refractivity contribution in [2.45, 2.75) is 26.5 Å². The first-order valence-corrected chi connectivity index (χ1v) is 9.90. The minimum Gasteiger partial charge on any atom is -0.490 e. The summed E-state index contributed by atoms with van der Waals surface area (Å²) in [6, 6.07) is 9.11. The number of nitrogens with one attached hydrogen (secondary N) is 1. The zero-order chi connectivity index (χ0) is 19.6. The average Bonchev–Trinajstić information content (AvgIpc) is 2.62. The van der Waals surface area contributed by atoms with Gasteiger partial charge in [-0.2, -0.15) is 0 Å². The van der Waals surface area contributed by atoms with Crippen molar-refractivity contribution < 1.29 is 14.2 Å². The highest BCUT2D eigenvalue weighted by molar-refractivity contribution is 6.35. The molecule has 0 unspecified atom stereocenters. The Kier molecular flexibility index (Phi) is 9.52. The molecule has 0 saturated carbocycles. The van der Waals surface area contributed by atoms with Crippen LogP contribution in [0.15, 0.2) is 30.3 Å². The van der Waals surface area contributed by atoms with E-state index in [2.05, 4.69) is 5.32 Å². The van der Waals surface area contributed by atoms with Gasteiger partial charge in [0.05, 0.1) is 11.6 Å². The first kappa shape index (κ1) is 22.1. The van der Waals surface area contributed by atoms with Crippen molar-refractivity contribution in [3.63, 3.8) is 0 Å². The fraction of sp³-hybridized carbons (Fsp3) is 0.400. The number of hydrogen-bond donors (Lipinski definition) is 1. The Morgan fingerprint density at radius 2 is 1.81 bits per heavy atom. The van der Waals surface area contributed by atoms with Crippen LogP contribution in [-0.2, 0) is 17.9 Å². The Morgan fingerprint density at radius 1 is 1.00 bits per heavy atom. The molecule has 0 aliphatic rings. The van der Waals surface area contributed by atoms with Gasteiger partial charge in [0.15, 0.2) is 11.5 Å². The summed E-state index contributed by atoms with van der Waals surface area (Å²) in [5.74, 6) is 1.12. The Labute approximate surface area is 175 Å². The van der Waals surface area contributed by atoms with Gasteiger partial charge in [-0.25, -0.2) is 0 Å². The van der Waals surface area contributed by atoms with Crippen LogP contribution in [-0.4, -0.2) is 26.9 Å². The fourth-order valence-corrected chi connectivity index (χ4v) is 3.24. The van der Waals surface area contributed by atoms with Gasteiger partial charge in [-0.3, -0.25) is 0 Å². The Balaban J connectivity index is 2.08. The molecule has 0 atom stereocenters. The lowest BCUT2D eigenvalue weighted by atomic mass is 10.2. The van der Waals surface area contributed by atoms with E-state index in [0.29, 0.717) is 39.7 Å². The summed E-state index contributed by atoms with van der Waals surface area (Å²) in [5.41, 5.74) is 1.85. The summed E-state index contributed by atoms with van der Waals surface area (Å²) in [5, 5.41) is 4.99. The van der Waals surface area contributed by atoms with E-state index >= 15 is 0 Å². The maximum atomic E-state index is 6.46. The van der Waals surface area contributed by atoms with Crippen LogP contribution >= 0.6 is 34.8 Å². The zero-order valence-corrected chi connectivity index (χ0v) is 17.8. The molecular weight excluding hydrogens is 409 g/mol. The van der Waals surface area contributed by atoms with Crippen LogP contribution in [0.25, 0.3) is 0 Å². The third kappa shape index (κ3) is 7.05. The number of methoxy groups -OCH3 is 1. The van der Waals surface area contributed by atoms with E-state index in [-0.39, 0.29) is 6.61 Å². The van der Waals surface area contributed by atoms with Gasteiger partial charge in [0.25, 0.3) is 0 Å². The lowest BCUT2D eigenvalue weighted by Crippen LogP contribution is -2.16. The highest BCUT2D eigenvalue weighted by atomic mass is 35.5. The SMILES string of the molecule is CCOc1cc(CNCCCOC)cc(Cl)c1OCc1ccc(Cl)cc1Cl. The highest BCUT2D eigenvalue weighted by Gasteiger charge is 2.14. The third-order valence-corrected chi connectivity index (χ3v) is 4.66. The van der Waals surface area contributed by atoms with Crippen molar-refractivity contribution in [3.05, 3.63) is 56.5 Å². The summed E-state index contributed by atoms with van der Waals surface area (Å²) >= 11 is 18.6. The zero-order valence-electron chi connectivity index (χ0n) is 15.5. The highest BCUT2D eigenvalue weighted by Crippen LogP contribution is 2.37. The van der Waals surface area contributed by atoms with Gasteiger partial charge in [0.2, 0.25) is 0 Å². The van der Waals surface area contributed by atoms with Crippen LogP contribution in [0, 0.1) is 0 Å². The van der Waals surface area contributed by atoms with Gasteiger partial charge in [0, 0.05) is 35.9 Å². The molecular formula is C20H24Cl3NO3. The number of halogens is 3. The van der Waals surface area contributed by atoms with E-state index in [1.165, 1.54) is 0 Å². The van der Waals surface area contributed by atoms with Gasteiger partial charge < -0.3 is 19.5 Å². The lowest BCUT2D eigenvalue weighted by Gasteiger charge is -2.16. The van der Waals surface area contributed by atoms with Crippen molar-refractivity contribution in [1.82, 2.24) is 5.32 Å². The molecule has 0 fully saturated rings. The van der Waals surface area contributed by atoms with Crippen LogP contribution in [0.1, 0.15) is 24.5 Å². The summed E-state index contributed by atoms with van der Waals surface area (Å²) in [4.78, 5) is 0. The predicted octanol–water partition coefficient (Wildman–Crippen LogP) is 5.75. The minimum atomic E-state index is 0.268. The Bertz CT molecular complexity index is 741. The molecule has 1 N–H and O–H groups in total. The van der Waals surface area contributed by atoms with E-state index < -0.39 is 0 Å². The molecule has 7 heteroatoms. The molecule has 0 spiro atoms. The number of benzene rings is 2. The van der Waals surface area contributed by atoms with Crippen LogP contribution in [0.4, 0.5) is 0 Å². The fourth-order valence-electron chi connectivity index (χ4n) is 2.49. The average molecular weight is 433 g/mol. The molecule has 0 radical (unpaired) electrons. The smallest absolute Gasteiger partial charge is 0.180 e. The number of rotatable bonds is 11. The normalized spacial score (nSPS) is 10.9. The van der Waals surface area contributed by atoms with Gasteiger partial charge in [-0.05, 0) is 49.7 Å². The molecule has 0 amide bonds. The molecule has 0 aromatic heterocycles. The second-order valence-corrected chi connectivity index (χ2v) is 7.14. The lowest BCUT2D eigenvalue weighted by molar-refractivity contribution is 0.194. The molecule has 0 aliphatic heterocycles. The van der Waals surface area contributed by atoms with Crippen LogP contribution in [0.3, 0.4) is 0 Å². The molecule has 0 aliphatic carbocycles. The van der Waals surface area contributed by atoms with Crippen molar-refractivity contribution in [1.29, 1.82) is 0 Å². The molecule has 0 bridgehead atoms. The maximum absolute atomic E-state index is 6.46. The van der Waals surface area contributed by atoms with Gasteiger partial charge in [-0.15, -0.1) is 0 Å². The molecule has 2 aromatic rings. The van der Waals surface area contributed by atoms with E-state index in [1.807, 2.05) is 25.1 Å².